The molecule has 9 heteroatoms. The second kappa shape index (κ2) is 10.6. The number of para-hydroxylation sites is 2. The van der Waals surface area contributed by atoms with E-state index < -0.39 is 0 Å². The molecule has 2 N–H and O–H groups in total. The van der Waals surface area contributed by atoms with E-state index in [1.807, 2.05) is 30.0 Å². The van der Waals surface area contributed by atoms with Crippen LogP contribution < -0.4 is 15.4 Å². The number of hydrogen-bond acceptors (Lipinski definition) is 4. The Labute approximate surface area is 196 Å². The highest BCUT2D eigenvalue weighted by atomic mass is 35.5. The van der Waals surface area contributed by atoms with Crippen molar-refractivity contribution in [2.24, 2.45) is 5.92 Å². The van der Waals surface area contributed by atoms with Crippen molar-refractivity contribution < 1.29 is 14.3 Å². The Hall–Kier alpha value is -1.99. The van der Waals surface area contributed by atoms with Gasteiger partial charge in [-0.3, -0.25) is 14.5 Å². The first kappa shape index (κ1) is 23.7. The second-order valence-corrected chi connectivity index (χ2v) is 8.63. The Bertz CT molecular complexity index is 962. The fourth-order valence-electron chi connectivity index (χ4n) is 3.55. The summed E-state index contributed by atoms with van der Waals surface area (Å²) in [6.07, 6.45) is 1.32. The van der Waals surface area contributed by atoms with Crippen LogP contribution in [0.4, 0.5) is 11.4 Å². The maximum atomic E-state index is 12.7. The maximum absolute atomic E-state index is 12.7. The molecule has 1 saturated heterocycles. The van der Waals surface area contributed by atoms with E-state index in [9.17, 15) is 9.59 Å². The number of ether oxygens (including phenoxy) is 1. The molecule has 1 atom stereocenters. The van der Waals surface area contributed by atoms with Crippen LogP contribution in [-0.4, -0.2) is 43.0 Å². The predicted octanol–water partition coefficient (Wildman–Crippen LogP) is 5.33. The number of likely N-dealkylation sites (tertiary alicyclic amines) is 1. The fraction of sp³-hybridized carbons (Fsp3) is 0.364. The zero-order valence-corrected chi connectivity index (χ0v) is 19.5. The van der Waals surface area contributed by atoms with Gasteiger partial charge in [0.25, 0.3) is 0 Å². The van der Waals surface area contributed by atoms with Gasteiger partial charge in [0, 0.05) is 5.92 Å². The third-order valence-corrected chi connectivity index (χ3v) is 6.50. The van der Waals surface area contributed by atoms with Crippen LogP contribution in [0.1, 0.15) is 19.8 Å². The molecule has 2 aromatic carbocycles. The highest BCUT2D eigenvalue weighted by molar-refractivity contribution is 6.44. The van der Waals surface area contributed by atoms with E-state index >= 15 is 0 Å². The van der Waals surface area contributed by atoms with E-state index in [-0.39, 0.29) is 23.8 Å². The number of rotatable bonds is 6. The number of piperidine rings is 1. The molecule has 0 aliphatic carbocycles. The number of halogens is 3. The first-order valence-electron chi connectivity index (χ1n) is 9.93. The van der Waals surface area contributed by atoms with Crippen LogP contribution >= 0.6 is 34.8 Å². The molecule has 0 spiro atoms. The Morgan fingerprint density at radius 1 is 1.00 bits per heavy atom. The van der Waals surface area contributed by atoms with Crippen LogP contribution in [0.25, 0.3) is 0 Å². The van der Waals surface area contributed by atoms with E-state index in [4.69, 9.17) is 39.5 Å². The minimum atomic E-state index is -0.385. The van der Waals surface area contributed by atoms with Crippen LogP contribution in [0.3, 0.4) is 0 Å². The van der Waals surface area contributed by atoms with Gasteiger partial charge < -0.3 is 15.4 Å². The monoisotopic (exact) mass is 483 g/mol. The quantitative estimate of drug-likeness (QED) is 0.544. The van der Waals surface area contributed by atoms with Gasteiger partial charge in [0.15, 0.2) is 0 Å². The second-order valence-electron chi connectivity index (χ2n) is 7.41. The van der Waals surface area contributed by atoms with Crippen LogP contribution in [0, 0.1) is 5.92 Å². The summed E-state index contributed by atoms with van der Waals surface area (Å²) in [5.41, 5.74) is 1.07. The number of hydrogen-bond donors (Lipinski definition) is 2. The standard InChI is InChI=1S/C22H24Cl3N3O3/c1-13(21(29)27-19-12-16(24)15(23)11-17(19)25)28-9-7-14(8-10-28)22(30)26-18-5-3-4-6-20(18)31-2/h3-6,11-14H,7-10H2,1-2H3,(H,26,30)(H,27,29). The third-order valence-electron chi connectivity index (χ3n) is 5.46. The Morgan fingerprint density at radius 3 is 2.32 bits per heavy atom. The lowest BCUT2D eigenvalue weighted by atomic mass is 9.94. The first-order valence-corrected chi connectivity index (χ1v) is 11.1. The van der Waals surface area contributed by atoms with Crippen molar-refractivity contribution in [1.29, 1.82) is 0 Å². The molecule has 0 radical (unpaired) electrons. The highest BCUT2D eigenvalue weighted by Crippen LogP contribution is 2.32. The molecular weight excluding hydrogens is 461 g/mol. The van der Waals surface area contributed by atoms with Gasteiger partial charge in [-0.25, -0.2) is 0 Å². The largest absolute Gasteiger partial charge is 0.495 e. The lowest BCUT2D eigenvalue weighted by Gasteiger charge is -2.34. The van der Waals surface area contributed by atoms with Crippen molar-refractivity contribution in [1.82, 2.24) is 4.90 Å². The topological polar surface area (TPSA) is 70.7 Å². The number of carbonyl (C=O) groups excluding carboxylic acids is 2. The number of methoxy groups -OCH3 is 1. The summed E-state index contributed by atoms with van der Waals surface area (Å²) in [5, 5.41) is 6.71. The molecule has 1 fully saturated rings. The van der Waals surface area contributed by atoms with Crippen molar-refractivity contribution >= 4 is 58.0 Å². The summed E-state index contributed by atoms with van der Waals surface area (Å²) in [5.74, 6) is 0.265. The predicted molar refractivity (Wildman–Crippen MR) is 125 cm³/mol. The van der Waals surface area contributed by atoms with Gasteiger partial charge in [-0.15, -0.1) is 0 Å². The summed E-state index contributed by atoms with van der Waals surface area (Å²) >= 11 is 18.1. The molecule has 0 bridgehead atoms. The summed E-state index contributed by atoms with van der Waals surface area (Å²) in [7, 11) is 1.57. The van der Waals surface area contributed by atoms with E-state index in [0.29, 0.717) is 58.1 Å². The minimum Gasteiger partial charge on any atom is -0.495 e. The lowest BCUT2D eigenvalue weighted by Crippen LogP contribution is -2.47. The molecule has 2 aromatic rings. The van der Waals surface area contributed by atoms with Gasteiger partial charge in [0.05, 0.1) is 39.6 Å². The molecule has 31 heavy (non-hydrogen) atoms. The van der Waals surface area contributed by atoms with Crippen molar-refractivity contribution in [2.45, 2.75) is 25.8 Å². The molecule has 1 aliphatic rings. The van der Waals surface area contributed by atoms with Crippen LogP contribution in [0.2, 0.25) is 15.1 Å². The number of anilines is 2. The van der Waals surface area contributed by atoms with Crippen molar-refractivity contribution in [2.75, 3.05) is 30.8 Å². The van der Waals surface area contributed by atoms with Crippen LogP contribution in [0.15, 0.2) is 36.4 Å². The maximum Gasteiger partial charge on any atom is 0.241 e. The van der Waals surface area contributed by atoms with Gasteiger partial charge in [-0.2, -0.15) is 0 Å². The molecule has 1 aliphatic heterocycles. The highest BCUT2D eigenvalue weighted by Gasteiger charge is 2.30. The van der Waals surface area contributed by atoms with Crippen molar-refractivity contribution in [3.8, 4) is 5.75 Å². The molecule has 1 unspecified atom stereocenters. The van der Waals surface area contributed by atoms with E-state index in [1.165, 1.54) is 12.1 Å². The molecule has 3 rings (SSSR count). The molecule has 0 aromatic heterocycles. The Morgan fingerprint density at radius 2 is 1.65 bits per heavy atom. The molecule has 1 heterocycles. The molecule has 166 valence electrons. The molecule has 2 amide bonds. The Balaban J connectivity index is 1.54. The summed E-state index contributed by atoms with van der Waals surface area (Å²) < 4.78 is 5.29. The number of benzene rings is 2. The third kappa shape index (κ3) is 5.83. The van der Waals surface area contributed by atoms with Gasteiger partial charge in [0.1, 0.15) is 5.75 Å². The molecule has 0 saturated carbocycles. The zero-order valence-electron chi connectivity index (χ0n) is 17.3. The fourth-order valence-corrected chi connectivity index (χ4v) is 4.15. The lowest BCUT2D eigenvalue weighted by molar-refractivity contribution is -0.123. The van der Waals surface area contributed by atoms with Crippen LogP contribution in [0.5, 0.6) is 5.75 Å². The Kier molecular flexibility index (Phi) is 8.06. The average molecular weight is 485 g/mol. The number of amides is 2. The summed E-state index contributed by atoms with van der Waals surface area (Å²) in [6.45, 7) is 3.09. The molecular formula is C22H24Cl3N3O3. The van der Waals surface area contributed by atoms with E-state index in [1.54, 1.807) is 13.2 Å². The van der Waals surface area contributed by atoms with E-state index in [0.717, 1.165) is 0 Å². The smallest absolute Gasteiger partial charge is 0.241 e. The normalized spacial score (nSPS) is 15.9. The SMILES string of the molecule is COc1ccccc1NC(=O)C1CCN(C(C)C(=O)Nc2cc(Cl)c(Cl)cc2Cl)CC1. The van der Waals surface area contributed by atoms with Crippen molar-refractivity contribution in [3.05, 3.63) is 51.5 Å². The average Bonchev–Trinajstić information content (AvgIpc) is 2.77. The van der Waals surface area contributed by atoms with Crippen molar-refractivity contribution in [3.63, 3.8) is 0 Å². The first-order chi connectivity index (χ1) is 14.8. The molecule has 6 nitrogen and oxygen atoms in total. The zero-order chi connectivity index (χ0) is 22.5. The van der Waals surface area contributed by atoms with Crippen LogP contribution in [-0.2, 0) is 9.59 Å². The van der Waals surface area contributed by atoms with Gasteiger partial charge in [0.2, 0.25) is 11.8 Å². The van der Waals surface area contributed by atoms with Gasteiger partial charge in [-0.05, 0) is 57.1 Å². The number of nitrogens with zero attached hydrogens (tertiary/aromatic N) is 1. The van der Waals surface area contributed by atoms with E-state index in [2.05, 4.69) is 10.6 Å². The van der Waals surface area contributed by atoms with Gasteiger partial charge in [-0.1, -0.05) is 46.9 Å². The number of carbonyl (C=O) groups is 2. The summed E-state index contributed by atoms with van der Waals surface area (Å²) in [6, 6.07) is 9.96. The summed E-state index contributed by atoms with van der Waals surface area (Å²) in [4.78, 5) is 27.4. The van der Waals surface area contributed by atoms with Gasteiger partial charge >= 0.3 is 0 Å². The number of nitrogens with one attached hydrogen (secondary N) is 2. The minimum absolute atomic E-state index is 0.0381.